The molecule has 1 aliphatic heterocycles. The predicted molar refractivity (Wildman–Crippen MR) is 63.8 cm³/mol. The molecule has 0 saturated carbocycles. The van der Waals surface area contributed by atoms with Crippen LogP contribution in [0, 0.1) is 0 Å². The summed E-state index contributed by atoms with van der Waals surface area (Å²) in [5, 5.41) is -0.345. The fourth-order valence-corrected chi connectivity index (χ4v) is 7.70. The van der Waals surface area contributed by atoms with E-state index < -0.39 is 27.0 Å². The topological polar surface area (TPSA) is 55.4 Å². The molecular weight excluding hydrogens is 458 g/mol. The van der Waals surface area contributed by atoms with Gasteiger partial charge in [-0.3, -0.25) is 0 Å². The van der Waals surface area contributed by atoms with Gasteiger partial charge in [-0.15, -0.1) is 0 Å². The molecular formula is C8H15BaFO6PSe. The maximum absolute atomic E-state index is 14.2. The van der Waals surface area contributed by atoms with Crippen LogP contribution in [0.2, 0.25) is 0 Å². The third kappa shape index (κ3) is 5.20. The fourth-order valence-electron chi connectivity index (χ4n) is 1.49. The Morgan fingerprint density at radius 2 is 2.11 bits per heavy atom. The summed E-state index contributed by atoms with van der Waals surface area (Å²) in [4.78, 5) is 4.49. The van der Waals surface area contributed by atoms with Crippen LogP contribution < -0.4 is 0 Å². The molecule has 0 aromatic rings. The van der Waals surface area contributed by atoms with Crippen LogP contribution in [0.3, 0.4) is 0 Å². The summed E-state index contributed by atoms with van der Waals surface area (Å²) >= 11 is 0.530. The first-order valence-corrected chi connectivity index (χ1v) is 17.8. The molecule has 1 rings (SSSR count). The summed E-state index contributed by atoms with van der Waals surface area (Å²) in [6.45, 7) is 0.283. The molecule has 1 heterocycles. The first kappa shape index (κ1) is 18.3. The van der Waals surface area contributed by atoms with Gasteiger partial charge in [0, 0.05) is 0 Å². The van der Waals surface area contributed by atoms with Gasteiger partial charge in [-0.2, -0.15) is 0 Å². The number of methoxy groups -OCH3 is 1. The van der Waals surface area contributed by atoms with Crippen LogP contribution in [-0.2, 0) is 28.1 Å². The zero-order chi connectivity index (χ0) is 13.5. The van der Waals surface area contributed by atoms with Gasteiger partial charge in [0.15, 0.2) is 0 Å². The van der Waals surface area contributed by atoms with Gasteiger partial charge in [-0.1, -0.05) is 0 Å². The molecule has 1 radical (unpaired) electrons. The molecule has 1 aliphatic rings. The number of hydrogen-bond donors (Lipinski definition) is 0. The monoisotopic (exact) mass is 475 g/mol. The van der Waals surface area contributed by atoms with Crippen molar-refractivity contribution in [1.29, 1.82) is 0 Å². The Morgan fingerprint density at radius 3 is 2.61 bits per heavy atom. The van der Waals surface area contributed by atoms with Crippen LogP contribution in [0.5, 0.6) is 0 Å². The number of halogens is 1. The Labute approximate surface area is 140 Å². The minimum absolute atomic E-state index is 0.224. The zero-order valence-corrected chi connectivity index (χ0v) is 17.5. The molecule has 0 aliphatic carbocycles. The average molecular weight is 473 g/mol. The molecule has 18 heavy (non-hydrogen) atoms. The average Bonchev–Trinajstić information content (AvgIpc) is 2.66. The van der Waals surface area contributed by atoms with Gasteiger partial charge in [0.1, 0.15) is 0 Å². The molecule has 5 unspecified atom stereocenters. The third-order valence-electron chi connectivity index (χ3n) is 2.24. The Bertz CT molecular complexity index is 244. The molecule has 0 spiro atoms. The van der Waals surface area contributed by atoms with Crippen molar-refractivity contribution in [2.45, 2.75) is 23.4 Å². The molecule has 6 nitrogen and oxygen atoms in total. The van der Waals surface area contributed by atoms with Gasteiger partial charge in [0.25, 0.3) is 0 Å². The molecule has 0 amide bonds. The molecule has 0 N–H and O–H groups in total. The van der Waals surface area contributed by atoms with Crippen LogP contribution in [0.1, 0.15) is 0 Å². The van der Waals surface area contributed by atoms with E-state index in [1.807, 2.05) is 0 Å². The van der Waals surface area contributed by atoms with E-state index in [1.165, 1.54) is 14.2 Å². The van der Waals surface area contributed by atoms with Crippen LogP contribution in [0.15, 0.2) is 0 Å². The first-order chi connectivity index (χ1) is 8.67. The standard InChI is InChI=1S/C8H16FO6PSe.Ba/c1-10-4-5-7(6(9)8(17)13-5)14-16(12-3)15-11-2;/h5-8,17H,4H2,1-3H3;/q;+1/p-1. The molecule has 0 aromatic carbocycles. The Morgan fingerprint density at radius 1 is 1.39 bits per heavy atom. The van der Waals surface area contributed by atoms with Crippen molar-refractivity contribution in [1.82, 2.24) is 0 Å². The van der Waals surface area contributed by atoms with Crippen molar-refractivity contribution in [3.63, 3.8) is 0 Å². The minimum atomic E-state index is -1.73. The molecule has 5 atom stereocenters. The Kier molecular flexibility index (Phi) is 10.2. The van der Waals surface area contributed by atoms with Crippen LogP contribution in [0.4, 0.5) is 4.39 Å². The third-order valence-corrected chi connectivity index (χ3v) is 10.0. The number of hydrogen-bond acceptors (Lipinski definition) is 6. The Hall–Kier alpha value is 2.21. The van der Waals surface area contributed by atoms with Gasteiger partial charge in [0.05, 0.1) is 0 Å². The van der Waals surface area contributed by atoms with Crippen molar-refractivity contribution in [3.8, 4) is 0 Å². The van der Waals surface area contributed by atoms with Crippen LogP contribution >= 0.6 is 8.60 Å². The quantitative estimate of drug-likeness (QED) is 0.219. The van der Waals surface area contributed by atoms with Crippen molar-refractivity contribution >= 4 is 57.8 Å². The molecule has 0 bridgehead atoms. The zero-order valence-electron chi connectivity index (χ0n) is 10.4. The predicted octanol–water partition coefficient (Wildman–Crippen LogP) is 0.320. The van der Waals surface area contributed by atoms with Gasteiger partial charge >= 0.3 is 142 Å². The number of rotatable bonds is 8. The van der Waals surface area contributed by atoms with Gasteiger partial charge in [-0.05, 0) is 0 Å². The number of ether oxygens (including phenoxy) is 2. The maximum atomic E-state index is 14.2. The van der Waals surface area contributed by atoms with Crippen molar-refractivity contribution in [2.24, 2.45) is 0 Å². The normalized spacial score (nSPS) is 33.7. The second-order valence-corrected chi connectivity index (χ2v) is 11.6. The van der Waals surface area contributed by atoms with Crippen molar-refractivity contribution < 1.29 is 32.5 Å². The summed E-state index contributed by atoms with van der Waals surface area (Å²) in [5.74, 6) is 0. The molecule has 10 heteroatoms. The van der Waals surface area contributed by atoms with Crippen molar-refractivity contribution in [3.05, 3.63) is 0 Å². The molecule has 0 aromatic heterocycles. The summed E-state index contributed by atoms with van der Waals surface area (Å²) in [6.07, 6.45) is -2.10. The summed E-state index contributed by atoms with van der Waals surface area (Å²) < 4.78 is 40.0. The van der Waals surface area contributed by atoms with E-state index in [1.54, 1.807) is 7.11 Å². The van der Waals surface area contributed by atoms with E-state index in [4.69, 9.17) is 23.2 Å². The van der Waals surface area contributed by atoms with E-state index in [2.05, 4.69) is 4.89 Å². The molecule has 1 saturated heterocycles. The summed E-state index contributed by atoms with van der Waals surface area (Å²) in [6, 6.07) is 0. The second kappa shape index (κ2) is 10.0. The second-order valence-electron chi connectivity index (χ2n) is 3.33. The SMILES string of the molecule is COCC1OC([Se][Ba])C(F)C1OP(OC)OOC. The number of alkyl halides is 1. The Balaban J connectivity index is 2.62. The van der Waals surface area contributed by atoms with Crippen LogP contribution in [0.25, 0.3) is 0 Å². The molecule has 103 valence electrons. The van der Waals surface area contributed by atoms with Gasteiger partial charge in [0.2, 0.25) is 0 Å². The summed E-state index contributed by atoms with van der Waals surface area (Å²) in [7, 11) is 2.56. The van der Waals surface area contributed by atoms with E-state index >= 15 is 0 Å². The fraction of sp³-hybridized carbons (Fsp3) is 1.00. The van der Waals surface area contributed by atoms with E-state index in [-0.39, 0.29) is 17.8 Å². The van der Waals surface area contributed by atoms with Crippen LogP contribution in [-0.4, -0.2) is 101 Å². The van der Waals surface area contributed by atoms with Crippen molar-refractivity contribution in [2.75, 3.05) is 27.9 Å². The molecule has 1 fully saturated rings. The van der Waals surface area contributed by atoms with E-state index in [0.29, 0.717) is 43.1 Å². The van der Waals surface area contributed by atoms with E-state index in [0.717, 1.165) is 0 Å². The van der Waals surface area contributed by atoms with E-state index in [9.17, 15) is 4.39 Å². The van der Waals surface area contributed by atoms with Gasteiger partial charge < -0.3 is 0 Å². The summed E-state index contributed by atoms with van der Waals surface area (Å²) in [5.41, 5.74) is 0. The first-order valence-electron chi connectivity index (χ1n) is 5.09. The van der Waals surface area contributed by atoms with Gasteiger partial charge in [-0.25, -0.2) is 0 Å².